The minimum Gasteiger partial charge on any atom is -0.483 e. The zero-order valence-corrected chi connectivity index (χ0v) is 17.9. The maximum absolute atomic E-state index is 12.2. The first kappa shape index (κ1) is 19.9. The second-order valence-corrected chi connectivity index (χ2v) is 9.75. The zero-order valence-electron chi connectivity index (χ0n) is 16.3. The number of fused-ring (bicyclic) bond motifs is 1. The van der Waals surface area contributed by atoms with Crippen LogP contribution in [0.5, 0.6) is 11.5 Å². The van der Waals surface area contributed by atoms with Gasteiger partial charge in [0.05, 0.1) is 6.54 Å². The number of benzene rings is 1. The van der Waals surface area contributed by atoms with Crippen molar-refractivity contribution in [3.63, 3.8) is 0 Å². The number of amides is 1. The largest absolute Gasteiger partial charge is 0.483 e. The summed E-state index contributed by atoms with van der Waals surface area (Å²) < 4.78 is 11.7. The first-order valence-corrected chi connectivity index (χ1v) is 11.1. The lowest BCUT2D eigenvalue weighted by Gasteiger charge is -2.18. The average Bonchev–Trinajstić information content (AvgIpc) is 3.42. The van der Waals surface area contributed by atoms with Gasteiger partial charge in [-0.25, -0.2) is 0 Å². The highest BCUT2D eigenvalue weighted by atomic mass is 32.1. The number of hydrogen-bond acceptors (Lipinski definition) is 6. The number of carbonyl (C=O) groups excluding carboxylic acids is 1. The number of thiophene rings is 2. The van der Waals surface area contributed by atoms with Gasteiger partial charge in [0, 0.05) is 26.6 Å². The molecule has 4 rings (SSSR count). The summed E-state index contributed by atoms with van der Waals surface area (Å²) in [6, 6.07) is 13.4. The van der Waals surface area contributed by atoms with Gasteiger partial charge in [0.2, 0.25) is 0 Å². The fourth-order valence-electron chi connectivity index (χ4n) is 3.30. The van der Waals surface area contributed by atoms with Gasteiger partial charge in [0.25, 0.3) is 5.91 Å². The molecule has 2 aromatic heterocycles. The lowest BCUT2D eigenvalue weighted by Crippen LogP contribution is -2.28. The minimum atomic E-state index is -0.614. The lowest BCUT2D eigenvalue weighted by molar-refractivity contribution is -0.123. The van der Waals surface area contributed by atoms with Crippen molar-refractivity contribution in [1.82, 2.24) is 5.32 Å². The van der Waals surface area contributed by atoms with Crippen molar-refractivity contribution >= 4 is 28.6 Å². The number of carbonyl (C=O) groups is 1. The van der Waals surface area contributed by atoms with Crippen molar-refractivity contribution in [3.05, 3.63) is 68.0 Å². The molecule has 1 aromatic carbocycles. The summed E-state index contributed by atoms with van der Waals surface area (Å²) in [5.41, 5.74) is 0.845. The molecule has 1 amide bonds. The van der Waals surface area contributed by atoms with E-state index in [1.807, 2.05) is 61.7 Å². The van der Waals surface area contributed by atoms with E-state index in [2.05, 4.69) is 5.32 Å². The van der Waals surface area contributed by atoms with Gasteiger partial charge >= 0.3 is 0 Å². The van der Waals surface area contributed by atoms with Crippen LogP contribution >= 0.6 is 22.7 Å². The monoisotopic (exact) mass is 429 g/mol. The molecule has 0 aliphatic carbocycles. The SMILES string of the molecule is CC1(C)Cc2cccc(OCC(=O)NCc3ccc(C(O)c4cccs4)s3)c2O1. The summed E-state index contributed by atoms with van der Waals surface area (Å²) in [7, 11) is 0. The Kier molecular flexibility index (Phi) is 5.63. The summed E-state index contributed by atoms with van der Waals surface area (Å²) in [6.45, 7) is 4.40. The predicted octanol–water partition coefficient (Wildman–Crippen LogP) is 4.30. The molecule has 152 valence electrons. The van der Waals surface area contributed by atoms with Gasteiger partial charge in [-0.2, -0.15) is 0 Å². The van der Waals surface area contributed by atoms with Crippen LogP contribution in [0.15, 0.2) is 47.8 Å². The van der Waals surface area contributed by atoms with E-state index in [9.17, 15) is 9.90 Å². The molecule has 0 saturated heterocycles. The highest BCUT2D eigenvalue weighted by Crippen LogP contribution is 2.41. The molecule has 1 aliphatic heterocycles. The third kappa shape index (κ3) is 4.63. The van der Waals surface area contributed by atoms with Gasteiger partial charge in [-0.3, -0.25) is 4.79 Å². The molecular weight excluding hydrogens is 406 g/mol. The number of hydrogen-bond donors (Lipinski definition) is 2. The molecule has 3 aromatic rings. The van der Waals surface area contributed by atoms with Crippen molar-refractivity contribution in [1.29, 1.82) is 0 Å². The molecule has 7 heteroatoms. The molecule has 1 aliphatic rings. The van der Waals surface area contributed by atoms with E-state index in [1.165, 1.54) is 22.7 Å². The van der Waals surface area contributed by atoms with Crippen molar-refractivity contribution < 1.29 is 19.4 Å². The molecule has 5 nitrogen and oxygen atoms in total. The highest BCUT2D eigenvalue weighted by molar-refractivity contribution is 7.12. The van der Waals surface area contributed by atoms with Crippen molar-refractivity contribution in [2.45, 2.75) is 38.5 Å². The Labute approximate surface area is 177 Å². The second-order valence-electron chi connectivity index (χ2n) is 7.57. The van der Waals surface area contributed by atoms with Gasteiger partial charge in [-0.1, -0.05) is 18.2 Å². The normalized spacial score (nSPS) is 15.4. The van der Waals surface area contributed by atoms with Gasteiger partial charge < -0.3 is 19.9 Å². The molecular formula is C22H23NO4S2. The number of para-hydroxylation sites is 1. The molecule has 1 atom stereocenters. The van der Waals surface area contributed by atoms with Crippen LogP contribution in [-0.2, 0) is 17.8 Å². The van der Waals surface area contributed by atoms with Crippen LogP contribution in [0, 0.1) is 0 Å². The van der Waals surface area contributed by atoms with E-state index >= 15 is 0 Å². The lowest BCUT2D eigenvalue weighted by atomic mass is 10.0. The van der Waals surface area contributed by atoms with E-state index in [-0.39, 0.29) is 18.1 Å². The summed E-state index contributed by atoms with van der Waals surface area (Å²) in [5.74, 6) is 1.13. The first-order chi connectivity index (χ1) is 13.9. The maximum Gasteiger partial charge on any atom is 0.258 e. The van der Waals surface area contributed by atoms with Crippen LogP contribution in [0.3, 0.4) is 0 Å². The number of nitrogens with one attached hydrogen (secondary N) is 1. The van der Waals surface area contributed by atoms with Gasteiger partial charge in [-0.15, -0.1) is 22.7 Å². The Bertz CT molecular complexity index is 994. The maximum atomic E-state index is 12.2. The molecule has 0 bridgehead atoms. The van der Waals surface area contributed by atoms with E-state index in [4.69, 9.17) is 9.47 Å². The van der Waals surface area contributed by atoms with E-state index in [1.54, 1.807) is 0 Å². The van der Waals surface area contributed by atoms with Crippen LogP contribution in [0.25, 0.3) is 0 Å². The Hall–Kier alpha value is -2.35. The minimum absolute atomic E-state index is 0.0731. The molecule has 0 saturated carbocycles. The quantitative estimate of drug-likeness (QED) is 0.588. The summed E-state index contributed by atoms with van der Waals surface area (Å²) in [4.78, 5) is 15.0. The van der Waals surface area contributed by atoms with Crippen molar-refractivity contribution in [2.75, 3.05) is 6.61 Å². The zero-order chi connectivity index (χ0) is 20.4. The first-order valence-electron chi connectivity index (χ1n) is 9.42. The van der Waals surface area contributed by atoms with Crippen LogP contribution in [0.4, 0.5) is 0 Å². The summed E-state index contributed by atoms with van der Waals surface area (Å²) >= 11 is 3.02. The highest BCUT2D eigenvalue weighted by Gasteiger charge is 2.32. The fraction of sp³-hybridized carbons (Fsp3) is 0.318. The van der Waals surface area contributed by atoms with Crippen molar-refractivity contribution in [2.24, 2.45) is 0 Å². The molecule has 1 unspecified atom stereocenters. The standard InChI is InChI=1S/C22H23NO4S2/c1-22(2)11-14-5-3-6-16(21(14)27-22)26-13-19(24)23-12-15-8-9-18(29-15)20(25)17-7-4-10-28-17/h3-10,20,25H,11-13H2,1-2H3,(H,23,24). The van der Waals surface area contributed by atoms with Gasteiger partial charge in [-0.05, 0) is 43.5 Å². The Morgan fingerprint density at radius 1 is 1.24 bits per heavy atom. The molecule has 0 radical (unpaired) electrons. The smallest absolute Gasteiger partial charge is 0.258 e. The third-order valence-electron chi connectivity index (χ3n) is 4.64. The number of rotatable bonds is 7. The average molecular weight is 430 g/mol. The summed E-state index contributed by atoms with van der Waals surface area (Å²) in [6.07, 6.45) is 0.209. The third-order valence-corrected chi connectivity index (χ3v) is 6.70. The Morgan fingerprint density at radius 3 is 2.90 bits per heavy atom. The Morgan fingerprint density at radius 2 is 2.10 bits per heavy atom. The van der Waals surface area contributed by atoms with Crippen LogP contribution < -0.4 is 14.8 Å². The topological polar surface area (TPSA) is 67.8 Å². The van der Waals surface area contributed by atoms with Crippen LogP contribution in [0.1, 0.15) is 40.1 Å². The molecule has 29 heavy (non-hydrogen) atoms. The van der Waals surface area contributed by atoms with E-state index in [0.29, 0.717) is 12.3 Å². The van der Waals surface area contributed by atoms with Crippen molar-refractivity contribution in [3.8, 4) is 11.5 Å². The van der Waals surface area contributed by atoms with E-state index < -0.39 is 6.10 Å². The predicted molar refractivity (Wildman–Crippen MR) is 115 cm³/mol. The second kappa shape index (κ2) is 8.18. The molecule has 0 fully saturated rings. The van der Waals surface area contributed by atoms with Gasteiger partial charge in [0.1, 0.15) is 11.7 Å². The molecule has 0 spiro atoms. The fourth-order valence-corrected chi connectivity index (χ4v) is 5.06. The van der Waals surface area contributed by atoms with Crippen LogP contribution in [-0.4, -0.2) is 23.2 Å². The molecule has 2 N–H and O–H groups in total. The van der Waals surface area contributed by atoms with Gasteiger partial charge in [0.15, 0.2) is 18.1 Å². The van der Waals surface area contributed by atoms with E-state index in [0.717, 1.165) is 32.4 Å². The van der Waals surface area contributed by atoms with Crippen LogP contribution in [0.2, 0.25) is 0 Å². The summed E-state index contributed by atoms with van der Waals surface area (Å²) in [5, 5.41) is 15.2. The number of ether oxygens (including phenoxy) is 2. The Balaban J connectivity index is 1.29. The molecule has 3 heterocycles. The number of aliphatic hydroxyl groups is 1. The number of aliphatic hydroxyl groups excluding tert-OH is 1.